The summed E-state index contributed by atoms with van der Waals surface area (Å²) in [7, 11) is 0. The van der Waals surface area contributed by atoms with E-state index in [-0.39, 0.29) is 6.10 Å². The molecule has 0 aromatic heterocycles. The fraction of sp³-hybridized carbons (Fsp3) is 0.321. The highest BCUT2D eigenvalue weighted by atomic mass is 16.5. The van der Waals surface area contributed by atoms with Gasteiger partial charge in [0.1, 0.15) is 23.4 Å². The summed E-state index contributed by atoms with van der Waals surface area (Å²) in [5, 5.41) is 9.81. The third kappa shape index (κ3) is 5.50. The van der Waals surface area contributed by atoms with Crippen LogP contribution in [-0.4, -0.2) is 17.2 Å². The SMILES string of the molecule is C/C=C1/C(C)CCCC1Oc1ccc(C(=O)Oc2ccc(/C=C/C(O)=C3CC3)cc2)cc1. The van der Waals surface area contributed by atoms with E-state index in [1.54, 1.807) is 30.3 Å². The minimum atomic E-state index is -0.406. The van der Waals surface area contributed by atoms with E-state index in [2.05, 4.69) is 19.9 Å². The van der Waals surface area contributed by atoms with E-state index in [1.807, 2.05) is 30.3 Å². The summed E-state index contributed by atoms with van der Waals surface area (Å²) < 4.78 is 11.7. The molecule has 2 aromatic rings. The lowest BCUT2D eigenvalue weighted by Gasteiger charge is -2.31. The number of carbonyl (C=O) groups is 1. The first-order valence-electron chi connectivity index (χ1n) is 11.4. The quantitative estimate of drug-likeness (QED) is 0.231. The van der Waals surface area contributed by atoms with Gasteiger partial charge in [0.15, 0.2) is 0 Å². The van der Waals surface area contributed by atoms with Gasteiger partial charge in [-0.05, 0) is 104 Å². The molecule has 0 spiro atoms. The average Bonchev–Trinajstić information content (AvgIpc) is 3.65. The summed E-state index contributed by atoms with van der Waals surface area (Å²) in [4.78, 5) is 12.5. The fourth-order valence-corrected chi connectivity index (χ4v) is 4.12. The fourth-order valence-electron chi connectivity index (χ4n) is 4.12. The van der Waals surface area contributed by atoms with Crippen LogP contribution in [0, 0.1) is 5.92 Å². The molecule has 0 saturated heterocycles. The number of hydrogen-bond acceptors (Lipinski definition) is 4. The van der Waals surface area contributed by atoms with Crippen LogP contribution in [0.1, 0.15) is 61.9 Å². The Hall–Kier alpha value is -3.27. The van der Waals surface area contributed by atoms with Gasteiger partial charge in [0.2, 0.25) is 0 Å². The Balaban J connectivity index is 1.34. The van der Waals surface area contributed by atoms with E-state index in [9.17, 15) is 9.90 Å². The second-order valence-electron chi connectivity index (χ2n) is 8.53. The normalized spacial score (nSPS) is 21.6. The van der Waals surface area contributed by atoms with Gasteiger partial charge in [-0.15, -0.1) is 0 Å². The van der Waals surface area contributed by atoms with Crippen LogP contribution < -0.4 is 9.47 Å². The predicted molar refractivity (Wildman–Crippen MR) is 127 cm³/mol. The molecule has 2 aliphatic rings. The molecular formula is C28H30O4. The highest BCUT2D eigenvalue weighted by Crippen LogP contribution is 2.33. The van der Waals surface area contributed by atoms with Gasteiger partial charge in [-0.3, -0.25) is 0 Å². The molecule has 0 amide bonds. The number of aliphatic hydroxyl groups is 1. The van der Waals surface area contributed by atoms with E-state index < -0.39 is 5.97 Å². The van der Waals surface area contributed by atoms with Crippen molar-refractivity contribution < 1.29 is 19.4 Å². The van der Waals surface area contributed by atoms with Crippen molar-refractivity contribution in [3.63, 3.8) is 0 Å². The Kier molecular flexibility index (Phi) is 6.79. The Morgan fingerprint density at radius 3 is 2.34 bits per heavy atom. The number of aliphatic hydroxyl groups excluding tert-OH is 1. The van der Waals surface area contributed by atoms with Crippen molar-refractivity contribution in [2.24, 2.45) is 5.92 Å². The van der Waals surface area contributed by atoms with Crippen LogP contribution in [0.15, 0.2) is 77.6 Å². The number of ether oxygens (including phenoxy) is 2. The number of esters is 1. The molecule has 2 fully saturated rings. The zero-order valence-electron chi connectivity index (χ0n) is 18.7. The monoisotopic (exact) mass is 430 g/mol. The molecule has 4 heteroatoms. The summed E-state index contributed by atoms with van der Waals surface area (Å²) >= 11 is 0. The molecule has 2 aromatic carbocycles. The first-order valence-corrected chi connectivity index (χ1v) is 11.4. The van der Waals surface area contributed by atoms with Gasteiger partial charge in [0.05, 0.1) is 5.56 Å². The van der Waals surface area contributed by atoms with Crippen LogP contribution in [-0.2, 0) is 0 Å². The highest BCUT2D eigenvalue weighted by molar-refractivity contribution is 5.91. The van der Waals surface area contributed by atoms with Crippen molar-refractivity contribution in [3.8, 4) is 11.5 Å². The van der Waals surface area contributed by atoms with Crippen LogP contribution in [0.3, 0.4) is 0 Å². The molecule has 166 valence electrons. The van der Waals surface area contributed by atoms with Gasteiger partial charge < -0.3 is 14.6 Å². The molecule has 2 unspecified atom stereocenters. The Morgan fingerprint density at radius 1 is 1.00 bits per heavy atom. The summed E-state index contributed by atoms with van der Waals surface area (Å²) in [6, 6.07) is 14.3. The standard InChI is InChI=1S/C28H30O4/c1-3-25-19(2)5-4-6-27(25)31-23-16-12-22(13-17-23)28(30)32-24-14-7-20(8-15-24)9-18-26(29)21-10-11-21/h3,7-9,12-19,27,29H,4-6,10-11H2,1-2H3/b18-9+,25-3-. The molecule has 4 rings (SSSR count). The highest BCUT2D eigenvalue weighted by Gasteiger charge is 2.25. The molecule has 32 heavy (non-hydrogen) atoms. The molecule has 1 N–H and O–H groups in total. The van der Waals surface area contributed by atoms with Crippen molar-refractivity contribution in [1.29, 1.82) is 0 Å². The molecule has 0 bridgehead atoms. The van der Waals surface area contributed by atoms with Gasteiger partial charge >= 0.3 is 5.97 Å². The van der Waals surface area contributed by atoms with E-state index in [0.717, 1.165) is 36.1 Å². The molecule has 4 nitrogen and oxygen atoms in total. The Bertz CT molecular complexity index is 1040. The number of benzene rings is 2. The molecule has 0 heterocycles. The van der Waals surface area contributed by atoms with Crippen LogP contribution in [0.25, 0.3) is 6.08 Å². The van der Waals surface area contributed by atoms with Crippen LogP contribution in [0.2, 0.25) is 0 Å². The Labute approximate surface area is 189 Å². The molecule has 2 aliphatic carbocycles. The molecule has 0 radical (unpaired) electrons. The summed E-state index contributed by atoms with van der Waals surface area (Å²) in [5.74, 6) is 1.74. The Morgan fingerprint density at radius 2 is 1.69 bits per heavy atom. The lowest BCUT2D eigenvalue weighted by molar-refractivity contribution is 0.0734. The smallest absolute Gasteiger partial charge is 0.343 e. The zero-order chi connectivity index (χ0) is 22.5. The third-order valence-corrected chi connectivity index (χ3v) is 6.13. The van der Waals surface area contributed by atoms with Crippen molar-refractivity contribution >= 4 is 12.0 Å². The molecular weight excluding hydrogens is 400 g/mol. The summed E-state index contributed by atoms with van der Waals surface area (Å²) in [5.41, 5.74) is 3.86. The minimum absolute atomic E-state index is 0.108. The van der Waals surface area contributed by atoms with Gasteiger partial charge in [0.25, 0.3) is 0 Å². The van der Waals surface area contributed by atoms with E-state index >= 15 is 0 Å². The number of carbonyl (C=O) groups excluding carboxylic acids is 1. The van der Waals surface area contributed by atoms with Gasteiger partial charge in [-0.1, -0.05) is 31.2 Å². The van der Waals surface area contributed by atoms with Gasteiger partial charge in [0, 0.05) is 0 Å². The second kappa shape index (κ2) is 9.90. The van der Waals surface area contributed by atoms with E-state index in [4.69, 9.17) is 9.47 Å². The number of hydrogen-bond donors (Lipinski definition) is 1. The first-order chi connectivity index (χ1) is 15.5. The summed E-state index contributed by atoms with van der Waals surface area (Å²) in [6.45, 7) is 4.33. The van der Waals surface area contributed by atoms with Crippen LogP contribution >= 0.6 is 0 Å². The van der Waals surface area contributed by atoms with Crippen LogP contribution in [0.4, 0.5) is 0 Å². The largest absolute Gasteiger partial charge is 0.508 e. The predicted octanol–water partition coefficient (Wildman–Crippen LogP) is 7.04. The maximum atomic E-state index is 12.5. The maximum absolute atomic E-state index is 12.5. The molecule has 2 atom stereocenters. The number of allylic oxidation sites excluding steroid dienone is 3. The third-order valence-electron chi connectivity index (χ3n) is 6.13. The van der Waals surface area contributed by atoms with E-state index in [0.29, 0.717) is 23.0 Å². The zero-order valence-corrected chi connectivity index (χ0v) is 18.7. The number of rotatable bonds is 6. The lowest BCUT2D eigenvalue weighted by atomic mass is 9.83. The second-order valence-corrected chi connectivity index (χ2v) is 8.53. The van der Waals surface area contributed by atoms with Crippen molar-refractivity contribution in [3.05, 3.63) is 88.7 Å². The van der Waals surface area contributed by atoms with Crippen LogP contribution in [0.5, 0.6) is 11.5 Å². The summed E-state index contributed by atoms with van der Waals surface area (Å²) in [6.07, 6.45) is 11.2. The van der Waals surface area contributed by atoms with Gasteiger partial charge in [-0.2, -0.15) is 0 Å². The van der Waals surface area contributed by atoms with E-state index in [1.165, 1.54) is 18.4 Å². The lowest BCUT2D eigenvalue weighted by Crippen LogP contribution is -2.27. The topological polar surface area (TPSA) is 55.8 Å². The molecule has 2 saturated carbocycles. The minimum Gasteiger partial charge on any atom is -0.508 e. The van der Waals surface area contributed by atoms with Crippen molar-refractivity contribution in [1.82, 2.24) is 0 Å². The van der Waals surface area contributed by atoms with Crippen molar-refractivity contribution in [2.75, 3.05) is 0 Å². The van der Waals surface area contributed by atoms with Crippen molar-refractivity contribution in [2.45, 2.75) is 52.1 Å². The van der Waals surface area contributed by atoms with Gasteiger partial charge in [-0.25, -0.2) is 4.79 Å². The maximum Gasteiger partial charge on any atom is 0.343 e. The average molecular weight is 431 g/mol. The molecule has 0 aliphatic heterocycles. The first kappa shape index (κ1) is 21.9.